The van der Waals surface area contributed by atoms with E-state index in [1.165, 1.54) is 31.2 Å². The first-order valence-corrected chi connectivity index (χ1v) is 11.9. The zero-order valence-corrected chi connectivity index (χ0v) is 16.9. The van der Waals surface area contributed by atoms with Gasteiger partial charge in [0.2, 0.25) is 5.91 Å². The molecule has 2 rings (SSSR count). The van der Waals surface area contributed by atoms with E-state index in [0.29, 0.717) is 18.2 Å². The van der Waals surface area contributed by atoms with Crippen LogP contribution in [0.25, 0.3) is 0 Å². The summed E-state index contributed by atoms with van der Waals surface area (Å²) >= 11 is 0. The molecule has 0 unspecified atom stereocenters. The summed E-state index contributed by atoms with van der Waals surface area (Å²) in [6.07, 6.45) is 0.842. The first-order valence-electron chi connectivity index (χ1n) is 8.56. The summed E-state index contributed by atoms with van der Waals surface area (Å²) in [5.41, 5.74) is 0.488. The van der Waals surface area contributed by atoms with Crippen LogP contribution in [0.4, 0.5) is 5.69 Å². The number of carbonyl (C=O) groups excluding carboxylic acids is 1. The van der Waals surface area contributed by atoms with Gasteiger partial charge >= 0.3 is 0 Å². The molecule has 2 atom stereocenters. The van der Waals surface area contributed by atoms with Gasteiger partial charge in [0.15, 0.2) is 19.7 Å². The SMILES string of the molecule is CC(=O)Nc1ccc(S(=O)(=O)[C@@H]2CS(=O)(=O)C[C@H]2NCCC(C)C)cc1. The molecule has 0 aromatic heterocycles. The van der Waals surface area contributed by atoms with Crippen LogP contribution in [-0.2, 0) is 24.5 Å². The van der Waals surface area contributed by atoms with Crippen molar-refractivity contribution < 1.29 is 21.6 Å². The second kappa shape index (κ2) is 8.06. The van der Waals surface area contributed by atoms with Gasteiger partial charge in [-0.15, -0.1) is 0 Å². The molecule has 0 saturated carbocycles. The van der Waals surface area contributed by atoms with Crippen LogP contribution in [0.5, 0.6) is 0 Å². The van der Waals surface area contributed by atoms with Crippen LogP contribution < -0.4 is 10.6 Å². The van der Waals surface area contributed by atoms with E-state index in [9.17, 15) is 21.6 Å². The molecular formula is C17H26N2O5S2. The fraction of sp³-hybridized carbons (Fsp3) is 0.588. The van der Waals surface area contributed by atoms with Crippen LogP contribution in [0.3, 0.4) is 0 Å². The third-order valence-electron chi connectivity index (χ3n) is 4.33. The molecule has 0 aliphatic carbocycles. The number of anilines is 1. The molecule has 9 heteroatoms. The molecule has 0 spiro atoms. The average Bonchev–Trinajstić information content (AvgIpc) is 2.82. The Kier molecular flexibility index (Phi) is 6.46. The smallest absolute Gasteiger partial charge is 0.221 e. The number of nitrogens with one attached hydrogen (secondary N) is 2. The van der Waals surface area contributed by atoms with Crippen LogP contribution in [-0.4, -0.2) is 52.1 Å². The minimum atomic E-state index is -3.81. The summed E-state index contributed by atoms with van der Waals surface area (Å²) in [7, 11) is -7.22. The zero-order valence-electron chi connectivity index (χ0n) is 15.2. The maximum absolute atomic E-state index is 13.0. The molecule has 7 nitrogen and oxygen atoms in total. The van der Waals surface area contributed by atoms with Crippen molar-refractivity contribution in [2.24, 2.45) is 5.92 Å². The molecule has 1 amide bonds. The van der Waals surface area contributed by atoms with Gasteiger partial charge in [0.05, 0.1) is 21.7 Å². The fourth-order valence-corrected chi connectivity index (χ4v) is 7.69. The Labute approximate surface area is 155 Å². The molecule has 1 fully saturated rings. The Hall–Kier alpha value is -1.45. The standard InChI is InChI=1S/C17H26N2O5S2/c1-12(2)8-9-18-16-10-25(21,22)11-17(16)26(23,24)15-6-4-14(5-7-15)19-13(3)20/h4-7,12,16-18H,8-11H2,1-3H3,(H,19,20)/t16-,17-/m1/s1. The van der Waals surface area contributed by atoms with Crippen molar-refractivity contribution in [2.45, 2.75) is 43.4 Å². The minimum Gasteiger partial charge on any atom is -0.326 e. The van der Waals surface area contributed by atoms with Crippen molar-refractivity contribution in [3.05, 3.63) is 24.3 Å². The van der Waals surface area contributed by atoms with Gasteiger partial charge in [0.25, 0.3) is 0 Å². The van der Waals surface area contributed by atoms with Crippen LogP contribution in [0.15, 0.2) is 29.2 Å². The van der Waals surface area contributed by atoms with Gasteiger partial charge in [-0.05, 0) is 43.1 Å². The number of rotatable bonds is 7. The Balaban J connectivity index is 2.22. The third-order valence-corrected chi connectivity index (χ3v) is 8.50. The van der Waals surface area contributed by atoms with E-state index in [-0.39, 0.29) is 22.3 Å². The highest BCUT2D eigenvalue weighted by molar-refractivity contribution is 7.96. The van der Waals surface area contributed by atoms with Gasteiger partial charge in [0.1, 0.15) is 0 Å². The largest absolute Gasteiger partial charge is 0.326 e. The number of hydrogen-bond donors (Lipinski definition) is 2. The first-order chi connectivity index (χ1) is 12.0. The molecule has 26 heavy (non-hydrogen) atoms. The lowest BCUT2D eigenvalue weighted by Crippen LogP contribution is -2.43. The number of benzene rings is 1. The van der Waals surface area contributed by atoms with Gasteiger partial charge in [0, 0.05) is 18.7 Å². The molecule has 0 radical (unpaired) electrons. The fourth-order valence-electron chi connectivity index (χ4n) is 2.97. The van der Waals surface area contributed by atoms with E-state index in [2.05, 4.69) is 24.5 Å². The topological polar surface area (TPSA) is 109 Å². The number of sulfone groups is 2. The van der Waals surface area contributed by atoms with Crippen LogP contribution >= 0.6 is 0 Å². The molecule has 1 heterocycles. The second-order valence-electron chi connectivity index (χ2n) is 7.11. The van der Waals surface area contributed by atoms with E-state index in [1.54, 1.807) is 0 Å². The van der Waals surface area contributed by atoms with Crippen molar-refractivity contribution in [3.8, 4) is 0 Å². The van der Waals surface area contributed by atoms with Crippen molar-refractivity contribution >= 4 is 31.3 Å². The van der Waals surface area contributed by atoms with Gasteiger partial charge in [-0.25, -0.2) is 16.8 Å². The summed E-state index contributed by atoms with van der Waals surface area (Å²) in [6, 6.07) is 5.18. The number of hydrogen-bond acceptors (Lipinski definition) is 6. The highest BCUT2D eigenvalue weighted by atomic mass is 32.2. The maximum Gasteiger partial charge on any atom is 0.221 e. The van der Waals surface area contributed by atoms with E-state index >= 15 is 0 Å². The van der Waals surface area contributed by atoms with E-state index in [1.807, 2.05) is 0 Å². The molecule has 1 saturated heterocycles. The van der Waals surface area contributed by atoms with Crippen molar-refractivity contribution in [3.63, 3.8) is 0 Å². The highest BCUT2D eigenvalue weighted by Crippen LogP contribution is 2.27. The Morgan fingerprint density at radius 1 is 1.19 bits per heavy atom. The monoisotopic (exact) mass is 402 g/mol. The van der Waals surface area contributed by atoms with Gasteiger partial charge in [-0.2, -0.15) is 0 Å². The predicted molar refractivity (Wildman–Crippen MR) is 102 cm³/mol. The van der Waals surface area contributed by atoms with Crippen LogP contribution in [0.1, 0.15) is 27.2 Å². The molecule has 1 aliphatic heterocycles. The normalized spacial score (nSPS) is 22.5. The Morgan fingerprint density at radius 3 is 2.35 bits per heavy atom. The molecule has 146 valence electrons. The molecule has 1 aromatic rings. The summed E-state index contributed by atoms with van der Waals surface area (Å²) < 4.78 is 50.0. The summed E-state index contributed by atoms with van der Waals surface area (Å²) in [5, 5.41) is 4.68. The van der Waals surface area contributed by atoms with Gasteiger partial charge in [-0.1, -0.05) is 13.8 Å². The Morgan fingerprint density at radius 2 is 1.81 bits per heavy atom. The van der Waals surface area contributed by atoms with Crippen molar-refractivity contribution in [1.82, 2.24) is 5.32 Å². The molecule has 1 aromatic carbocycles. The average molecular weight is 403 g/mol. The lowest BCUT2D eigenvalue weighted by atomic mass is 10.1. The zero-order chi connectivity index (χ0) is 19.5. The molecule has 2 N–H and O–H groups in total. The number of amides is 1. The van der Waals surface area contributed by atoms with Crippen molar-refractivity contribution in [1.29, 1.82) is 0 Å². The quantitative estimate of drug-likeness (QED) is 0.710. The van der Waals surface area contributed by atoms with E-state index in [0.717, 1.165) is 6.42 Å². The molecule has 0 bridgehead atoms. The minimum absolute atomic E-state index is 0.0596. The second-order valence-corrected chi connectivity index (χ2v) is 11.4. The van der Waals surface area contributed by atoms with Crippen molar-refractivity contribution in [2.75, 3.05) is 23.4 Å². The van der Waals surface area contributed by atoms with E-state index < -0.39 is 31.0 Å². The van der Waals surface area contributed by atoms with Gasteiger partial charge in [-0.3, -0.25) is 4.79 Å². The first kappa shape index (κ1) is 20.9. The maximum atomic E-state index is 13.0. The lowest BCUT2D eigenvalue weighted by molar-refractivity contribution is -0.114. The van der Waals surface area contributed by atoms with E-state index in [4.69, 9.17) is 0 Å². The summed E-state index contributed by atoms with van der Waals surface area (Å²) in [4.78, 5) is 11.1. The molecular weight excluding hydrogens is 376 g/mol. The Bertz CT molecular complexity index is 846. The number of carbonyl (C=O) groups is 1. The summed E-state index contributed by atoms with van der Waals surface area (Å²) in [5.74, 6) is -0.352. The van der Waals surface area contributed by atoms with Crippen LogP contribution in [0.2, 0.25) is 0 Å². The molecule has 1 aliphatic rings. The third kappa shape index (κ3) is 5.28. The van der Waals surface area contributed by atoms with Gasteiger partial charge < -0.3 is 10.6 Å². The lowest BCUT2D eigenvalue weighted by Gasteiger charge is -2.20. The highest BCUT2D eigenvalue weighted by Gasteiger charge is 2.45. The summed E-state index contributed by atoms with van der Waals surface area (Å²) in [6.45, 7) is 6.04. The predicted octanol–water partition coefficient (Wildman–Crippen LogP) is 1.22. The van der Waals surface area contributed by atoms with Crippen LogP contribution in [0, 0.1) is 5.92 Å².